The van der Waals surface area contributed by atoms with Crippen LogP contribution in [-0.2, 0) is 0 Å². The molecule has 3 nitrogen and oxygen atoms in total. The first kappa shape index (κ1) is 7.94. The largest absolute Gasteiger partial charge is 0.395 e. The molecule has 0 atom stereocenters. The number of carbonyl (C=O) groups is 1. The molecular weight excluding hydrogens is 171 g/mol. The van der Waals surface area contributed by atoms with Crippen LogP contribution in [0, 0.1) is 5.95 Å². The van der Waals surface area contributed by atoms with Gasteiger partial charge in [-0.05, 0) is 17.7 Å². The van der Waals surface area contributed by atoms with Gasteiger partial charge < -0.3 is 5.73 Å². The van der Waals surface area contributed by atoms with Crippen molar-refractivity contribution in [3.63, 3.8) is 0 Å². The van der Waals surface area contributed by atoms with Crippen molar-refractivity contribution in [2.75, 3.05) is 5.73 Å². The molecule has 0 fully saturated rings. The first-order chi connectivity index (χ1) is 5.11. The molecule has 1 heterocycles. The molecule has 0 saturated heterocycles. The Kier molecular flexibility index (Phi) is 2.05. The second-order valence-electron chi connectivity index (χ2n) is 1.88. The second kappa shape index (κ2) is 2.84. The van der Waals surface area contributed by atoms with Crippen LogP contribution in [0.5, 0.6) is 0 Å². The Morgan fingerprint density at radius 1 is 1.73 bits per heavy atom. The molecule has 0 saturated carbocycles. The number of pyridine rings is 1. The van der Waals surface area contributed by atoms with Crippen LogP contribution in [0.4, 0.5) is 10.1 Å². The fourth-order valence-corrected chi connectivity index (χ4v) is 0.676. The Balaban J connectivity index is 3.15. The summed E-state index contributed by atoms with van der Waals surface area (Å²) in [7, 11) is 0. The van der Waals surface area contributed by atoms with Crippen LogP contribution in [0.3, 0.4) is 0 Å². The normalized spacial score (nSPS) is 9.64. The molecular formula is C6H4ClFN2O. The molecule has 0 unspecified atom stereocenters. The Bertz CT molecular complexity index is 303. The van der Waals surface area contributed by atoms with Crippen LogP contribution in [0.15, 0.2) is 12.3 Å². The first-order valence-electron chi connectivity index (χ1n) is 2.72. The van der Waals surface area contributed by atoms with E-state index in [0.717, 1.165) is 12.3 Å². The average molecular weight is 175 g/mol. The number of hydrogen-bond acceptors (Lipinski definition) is 3. The summed E-state index contributed by atoms with van der Waals surface area (Å²) in [5.41, 5.74) is 5.01. The maximum atomic E-state index is 12.4. The molecule has 5 heteroatoms. The highest BCUT2D eigenvalue weighted by molar-refractivity contribution is 6.67. The summed E-state index contributed by atoms with van der Waals surface area (Å²) in [6.07, 6.45) is 1.03. The van der Waals surface area contributed by atoms with E-state index >= 15 is 0 Å². The summed E-state index contributed by atoms with van der Waals surface area (Å²) in [4.78, 5) is 13.7. The lowest BCUT2D eigenvalue weighted by molar-refractivity contribution is 0.108. The Hall–Kier alpha value is -1.16. The van der Waals surface area contributed by atoms with Gasteiger partial charge in [0.1, 0.15) is 0 Å². The summed E-state index contributed by atoms with van der Waals surface area (Å²) in [5, 5.41) is -0.704. The SMILES string of the molecule is Nc1cc(C(=O)Cl)cnc1F. The van der Waals surface area contributed by atoms with Crippen LogP contribution in [0.2, 0.25) is 0 Å². The van der Waals surface area contributed by atoms with Crippen molar-refractivity contribution in [3.8, 4) is 0 Å². The van der Waals surface area contributed by atoms with Crippen molar-refractivity contribution in [2.45, 2.75) is 0 Å². The van der Waals surface area contributed by atoms with E-state index in [2.05, 4.69) is 4.98 Å². The van der Waals surface area contributed by atoms with Gasteiger partial charge in [-0.3, -0.25) is 4.79 Å². The lowest BCUT2D eigenvalue weighted by Gasteiger charge is -1.95. The molecule has 0 aromatic carbocycles. The van der Waals surface area contributed by atoms with Gasteiger partial charge in [0.25, 0.3) is 5.24 Å². The van der Waals surface area contributed by atoms with Gasteiger partial charge in [0.15, 0.2) is 0 Å². The Labute approximate surface area is 67.0 Å². The number of nitrogens with two attached hydrogens (primary N) is 1. The molecule has 1 rings (SSSR count). The van der Waals surface area contributed by atoms with Gasteiger partial charge in [0, 0.05) is 6.20 Å². The van der Waals surface area contributed by atoms with Crippen LogP contribution in [-0.4, -0.2) is 10.2 Å². The van der Waals surface area contributed by atoms with Crippen LogP contribution in [0.25, 0.3) is 0 Å². The van der Waals surface area contributed by atoms with Crippen molar-refractivity contribution >= 4 is 22.5 Å². The first-order valence-corrected chi connectivity index (χ1v) is 3.10. The highest BCUT2D eigenvalue weighted by atomic mass is 35.5. The molecule has 2 N–H and O–H groups in total. The number of carbonyl (C=O) groups excluding carboxylic acids is 1. The monoisotopic (exact) mass is 174 g/mol. The van der Waals surface area contributed by atoms with E-state index in [0.29, 0.717) is 0 Å². The Morgan fingerprint density at radius 2 is 2.36 bits per heavy atom. The van der Waals surface area contributed by atoms with Gasteiger partial charge in [-0.1, -0.05) is 0 Å². The zero-order chi connectivity index (χ0) is 8.43. The smallest absolute Gasteiger partial charge is 0.254 e. The minimum atomic E-state index is -0.799. The summed E-state index contributed by atoms with van der Waals surface area (Å²) < 4.78 is 12.4. The molecule has 58 valence electrons. The third-order valence-corrected chi connectivity index (χ3v) is 1.31. The van der Waals surface area contributed by atoms with E-state index in [-0.39, 0.29) is 11.3 Å². The highest BCUT2D eigenvalue weighted by Gasteiger charge is 2.05. The van der Waals surface area contributed by atoms with E-state index in [1.165, 1.54) is 0 Å². The molecule has 0 aliphatic heterocycles. The van der Waals surface area contributed by atoms with Gasteiger partial charge in [-0.2, -0.15) is 4.39 Å². The number of anilines is 1. The molecule has 0 bridgehead atoms. The van der Waals surface area contributed by atoms with Crippen molar-refractivity contribution in [1.82, 2.24) is 4.98 Å². The minimum absolute atomic E-state index is 0.0885. The summed E-state index contributed by atoms with van der Waals surface area (Å²) in [6, 6.07) is 1.14. The topological polar surface area (TPSA) is 56.0 Å². The standard InChI is InChI=1S/C6H4ClFN2O/c7-5(11)3-1-4(9)6(8)10-2-3/h1-2H,9H2. The maximum Gasteiger partial charge on any atom is 0.254 e. The minimum Gasteiger partial charge on any atom is -0.395 e. The third-order valence-electron chi connectivity index (χ3n) is 1.09. The lowest BCUT2D eigenvalue weighted by atomic mass is 10.3. The number of rotatable bonds is 1. The van der Waals surface area contributed by atoms with Crippen LogP contribution >= 0.6 is 11.6 Å². The molecule has 11 heavy (non-hydrogen) atoms. The lowest BCUT2D eigenvalue weighted by Crippen LogP contribution is -1.98. The number of aromatic nitrogens is 1. The van der Waals surface area contributed by atoms with Crippen LogP contribution < -0.4 is 5.73 Å². The van der Waals surface area contributed by atoms with Crippen molar-refractivity contribution in [3.05, 3.63) is 23.8 Å². The summed E-state index contributed by atoms with van der Waals surface area (Å²) in [6.45, 7) is 0. The van der Waals surface area contributed by atoms with Gasteiger partial charge >= 0.3 is 0 Å². The summed E-state index contributed by atoms with van der Waals surface area (Å²) in [5.74, 6) is -0.799. The average Bonchev–Trinajstić information content (AvgIpc) is 1.94. The second-order valence-corrected chi connectivity index (χ2v) is 2.22. The van der Waals surface area contributed by atoms with E-state index in [4.69, 9.17) is 17.3 Å². The maximum absolute atomic E-state index is 12.4. The quantitative estimate of drug-likeness (QED) is 0.514. The van der Waals surface area contributed by atoms with E-state index in [1.807, 2.05) is 0 Å². The highest BCUT2D eigenvalue weighted by Crippen LogP contribution is 2.10. The number of nitrogens with zero attached hydrogens (tertiary/aromatic N) is 1. The van der Waals surface area contributed by atoms with Crippen molar-refractivity contribution in [1.29, 1.82) is 0 Å². The van der Waals surface area contributed by atoms with E-state index in [1.54, 1.807) is 0 Å². The number of nitrogen functional groups attached to an aromatic ring is 1. The van der Waals surface area contributed by atoms with E-state index in [9.17, 15) is 9.18 Å². The van der Waals surface area contributed by atoms with Crippen LogP contribution in [0.1, 0.15) is 10.4 Å². The fourth-order valence-electron chi connectivity index (χ4n) is 0.573. The molecule has 0 aliphatic rings. The molecule has 1 aromatic rings. The van der Waals surface area contributed by atoms with Gasteiger partial charge in [-0.15, -0.1) is 0 Å². The molecule has 1 aromatic heterocycles. The summed E-state index contributed by atoms with van der Waals surface area (Å²) >= 11 is 5.07. The Morgan fingerprint density at radius 3 is 2.82 bits per heavy atom. The molecule has 0 aliphatic carbocycles. The third kappa shape index (κ3) is 1.65. The van der Waals surface area contributed by atoms with Gasteiger partial charge in [0.05, 0.1) is 11.3 Å². The van der Waals surface area contributed by atoms with Gasteiger partial charge in [0.2, 0.25) is 5.95 Å². The van der Waals surface area contributed by atoms with Gasteiger partial charge in [-0.25, -0.2) is 4.98 Å². The van der Waals surface area contributed by atoms with Crippen molar-refractivity contribution in [2.24, 2.45) is 0 Å². The molecule has 0 amide bonds. The predicted octanol–water partition coefficient (Wildman–Crippen LogP) is 1.18. The molecule has 0 radical (unpaired) electrons. The zero-order valence-electron chi connectivity index (χ0n) is 5.34. The number of hydrogen-bond donors (Lipinski definition) is 1. The van der Waals surface area contributed by atoms with E-state index < -0.39 is 11.2 Å². The number of halogens is 2. The molecule has 0 spiro atoms. The fraction of sp³-hybridized carbons (Fsp3) is 0. The van der Waals surface area contributed by atoms with Crippen molar-refractivity contribution < 1.29 is 9.18 Å². The zero-order valence-corrected chi connectivity index (χ0v) is 6.10. The predicted molar refractivity (Wildman–Crippen MR) is 38.8 cm³/mol.